The van der Waals surface area contributed by atoms with Gasteiger partial charge in [-0.2, -0.15) is 0 Å². The van der Waals surface area contributed by atoms with Crippen molar-refractivity contribution in [2.24, 2.45) is 0 Å². The Balaban J connectivity index is 1.95. The monoisotopic (exact) mass is 337 g/mol. The number of sulfonamides is 1. The van der Waals surface area contributed by atoms with Gasteiger partial charge in [-0.15, -0.1) is 0 Å². The maximum atomic E-state index is 12.2. The summed E-state index contributed by atoms with van der Waals surface area (Å²) >= 11 is 0. The molecule has 6 heteroatoms. The van der Waals surface area contributed by atoms with Crippen LogP contribution in [0.5, 0.6) is 0 Å². The summed E-state index contributed by atoms with van der Waals surface area (Å²) in [7, 11) is -3.55. The molecule has 1 atom stereocenters. The molecule has 126 valence electrons. The van der Waals surface area contributed by atoms with Crippen molar-refractivity contribution in [3.05, 3.63) is 53.0 Å². The van der Waals surface area contributed by atoms with Gasteiger partial charge in [0.05, 0.1) is 11.0 Å². The van der Waals surface area contributed by atoms with Crippen LogP contribution in [0.3, 0.4) is 0 Å². The molecule has 0 bridgehead atoms. The van der Waals surface area contributed by atoms with Crippen molar-refractivity contribution in [3.63, 3.8) is 0 Å². The molecule has 1 unspecified atom stereocenters. The molecule has 23 heavy (non-hydrogen) atoms. The summed E-state index contributed by atoms with van der Waals surface area (Å²) in [6, 6.07) is 8.59. The zero-order chi connectivity index (χ0) is 17.0. The third-order valence-electron chi connectivity index (χ3n) is 3.79. The third kappa shape index (κ3) is 4.43. The molecule has 0 radical (unpaired) electrons. The van der Waals surface area contributed by atoms with Gasteiger partial charge >= 0.3 is 0 Å². The standard InChI is InChI=1S/C17H23NO4S/c1-4-14-5-7-15(8-6-14)23(20,21)18-10-9-17(19)16-11-12(2)22-13(16)3/h5-8,11,17-19H,4,9-10H2,1-3H3. The maximum absolute atomic E-state index is 12.2. The minimum Gasteiger partial charge on any atom is -0.466 e. The molecule has 0 amide bonds. The average Bonchev–Trinajstić information content (AvgIpc) is 2.86. The van der Waals surface area contributed by atoms with E-state index in [1.807, 2.05) is 13.8 Å². The molecule has 0 aliphatic heterocycles. The SMILES string of the molecule is CCc1ccc(S(=O)(=O)NCCC(O)c2cc(C)oc2C)cc1. The quantitative estimate of drug-likeness (QED) is 0.814. The van der Waals surface area contributed by atoms with Crippen molar-refractivity contribution in [1.82, 2.24) is 4.72 Å². The van der Waals surface area contributed by atoms with Gasteiger partial charge in [0, 0.05) is 12.1 Å². The second-order valence-corrected chi connectivity index (χ2v) is 7.34. The van der Waals surface area contributed by atoms with Crippen LogP contribution >= 0.6 is 0 Å². The highest BCUT2D eigenvalue weighted by atomic mass is 32.2. The molecule has 1 heterocycles. The Bertz CT molecular complexity index is 747. The second-order valence-electron chi connectivity index (χ2n) is 5.57. The molecule has 0 saturated carbocycles. The highest BCUT2D eigenvalue weighted by Crippen LogP contribution is 2.23. The lowest BCUT2D eigenvalue weighted by Crippen LogP contribution is -2.26. The van der Waals surface area contributed by atoms with E-state index in [9.17, 15) is 13.5 Å². The predicted molar refractivity (Wildman–Crippen MR) is 88.8 cm³/mol. The smallest absolute Gasteiger partial charge is 0.240 e. The van der Waals surface area contributed by atoms with Crippen LogP contribution in [0.1, 0.15) is 42.1 Å². The van der Waals surface area contributed by atoms with E-state index in [4.69, 9.17) is 4.42 Å². The Labute approximate surface area is 137 Å². The molecule has 0 aliphatic carbocycles. The third-order valence-corrected chi connectivity index (χ3v) is 5.27. The highest BCUT2D eigenvalue weighted by molar-refractivity contribution is 7.89. The number of benzene rings is 1. The zero-order valence-corrected chi connectivity index (χ0v) is 14.5. The van der Waals surface area contributed by atoms with Crippen LogP contribution in [0, 0.1) is 13.8 Å². The zero-order valence-electron chi connectivity index (χ0n) is 13.7. The number of hydrogen-bond donors (Lipinski definition) is 2. The van der Waals surface area contributed by atoms with E-state index in [0.29, 0.717) is 11.3 Å². The van der Waals surface area contributed by atoms with Crippen LogP contribution in [-0.2, 0) is 16.4 Å². The fraction of sp³-hybridized carbons (Fsp3) is 0.412. The summed E-state index contributed by atoms with van der Waals surface area (Å²) in [6.07, 6.45) is 0.396. The molecule has 0 spiro atoms. The lowest BCUT2D eigenvalue weighted by atomic mass is 10.1. The molecule has 2 rings (SSSR count). The number of rotatable bonds is 7. The molecule has 5 nitrogen and oxygen atoms in total. The minimum atomic E-state index is -3.55. The van der Waals surface area contributed by atoms with Gasteiger partial charge in [0.2, 0.25) is 10.0 Å². The molecule has 2 N–H and O–H groups in total. The number of hydrogen-bond acceptors (Lipinski definition) is 4. The molecule has 2 aromatic rings. The number of furan rings is 1. The average molecular weight is 337 g/mol. The van der Waals surface area contributed by atoms with Crippen LogP contribution < -0.4 is 4.72 Å². The molecule has 0 saturated heterocycles. The Morgan fingerprint density at radius 2 is 1.87 bits per heavy atom. The van der Waals surface area contributed by atoms with Gasteiger partial charge in [0.1, 0.15) is 11.5 Å². The first-order valence-corrected chi connectivity index (χ1v) is 9.15. The van der Waals surface area contributed by atoms with E-state index in [-0.39, 0.29) is 17.9 Å². The summed E-state index contributed by atoms with van der Waals surface area (Å²) in [4.78, 5) is 0.236. The molecule has 1 aromatic carbocycles. The normalized spacial score (nSPS) is 13.2. The van der Waals surface area contributed by atoms with Gasteiger partial charge in [-0.25, -0.2) is 13.1 Å². The number of aliphatic hydroxyl groups excluding tert-OH is 1. The lowest BCUT2D eigenvalue weighted by Gasteiger charge is -2.11. The Hall–Kier alpha value is -1.63. The summed E-state index contributed by atoms with van der Waals surface area (Å²) in [6.45, 7) is 5.77. The first-order chi connectivity index (χ1) is 10.8. The van der Waals surface area contributed by atoms with Crippen LogP contribution in [0.15, 0.2) is 39.6 Å². The summed E-state index contributed by atoms with van der Waals surface area (Å²) in [5.41, 5.74) is 1.79. The lowest BCUT2D eigenvalue weighted by molar-refractivity contribution is 0.167. The van der Waals surface area contributed by atoms with Crippen LogP contribution in [-0.4, -0.2) is 20.1 Å². The van der Waals surface area contributed by atoms with E-state index in [0.717, 1.165) is 17.7 Å². The minimum absolute atomic E-state index is 0.155. The summed E-state index contributed by atoms with van der Waals surface area (Å²) < 4.78 is 32.3. The molecular formula is C17H23NO4S. The number of nitrogens with one attached hydrogen (secondary N) is 1. The van der Waals surface area contributed by atoms with E-state index in [2.05, 4.69) is 4.72 Å². The molecule has 0 aliphatic rings. The highest BCUT2D eigenvalue weighted by Gasteiger charge is 2.17. The first-order valence-electron chi connectivity index (χ1n) is 7.67. The molecular weight excluding hydrogens is 314 g/mol. The van der Waals surface area contributed by atoms with E-state index >= 15 is 0 Å². The van der Waals surface area contributed by atoms with E-state index < -0.39 is 16.1 Å². The van der Waals surface area contributed by atoms with E-state index in [1.165, 1.54) is 0 Å². The molecule has 0 fully saturated rings. The van der Waals surface area contributed by atoms with Gasteiger partial charge in [-0.3, -0.25) is 0 Å². The van der Waals surface area contributed by atoms with Crippen molar-refractivity contribution in [2.45, 2.75) is 44.6 Å². The van der Waals surface area contributed by atoms with Gasteiger partial charge in [0.15, 0.2) is 0 Å². The predicted octanol–water partition coefficient (Wildman–Crippen LogP) is 2.86. The number of aryl methyl sites for hydroxylation is 3. The van der Waals surface area contributed by atoms with Gasteiger partial charge in [-0.1, -0.05) is 19.1 Å². The maximum Gasteiger partial charge on any atom is 0.240 e. The fourth-order valence-corrected chi connectivity index (χ4v) is 3.50. The van der Waals surface area contributed by atoms with Gasteiger partial charge < -0.3 is 9.52 Å². The van der Waals surface area contributed by atoms with Crippen molar-refractivity contribution in [2.75, 3.05) is 6.54 Å². The summed E-state index contributed by atoms with van der Waals surface area (Å²) in [5.74, 6) is 1.39. The largest absolute Gasteiger partial charge is 0.466 e. The van der Waals surface area contributed by atoms with Crippen molar-refractivity contribution < 1.29 is 17.9 Å². The topological polar surface area (TPSA) is 79.5 Å². The number of aliphatic hydroxyl groups is 1. The first kappa shape index (κ1) is 17.7. The fourth-order valence-electron chi connectivity index (χ4n) is 2.45. The van der Waals surface area contributed by atoms with Crippen LogP contribution in [0.2, 0.25) is 0 Å². The Kier molecular flexibility index (Phi) is 5.62. The van der Waals surface area contributed by atoms with Crippen molar-refractivity contribution >= 4 is 10.0 Å². The van der Waals surface area contributed by atoms with Gasteiger partial charge in [-0.05, 0) is 50.5 Å². The van der Waals surface area contributed by atoms with Crippen LogP contribution in [0.25, 0.3) is 0 Å². The van der Waals surface area contributed by atoms with Crippen molar-refractivity contribution in [1.29, 1.82) is 0 Å². The van der Waals surface area contributed by atoms with Crippen LogP contribution in [0.4, 0.5) is 0 Å². The second kappa shape index (κ2) is 7.29. The Morgan fingerprint density at radius 1 is 1.22 bits per heavy atom. The Morgan fingerprint density at radius 3 is 2.39 bits per heavy atom. The van der Waals surface area contributed by atoms with Crippen molar-refractivity contribution in [3.8, 4) is 0 Å². The van der Waals surface area contributed by atoms with E-state index in [1.54, 1.807) is 37.3 Å². The van der Waals surface area contributed by atoms with Gasteiger partial charge in [0.25, 0.3) is 0 Å². The summed E-state index contributed by atoms with van der Waals surface area (Å²) in [5, 5.41) is 10.2. The molecule has 1 aromatic heterocycles.